The number of hydrogen-bond acceptors (Lipinski definition) is 3. The molecule has 0 atom stereocenters. The first kappa shape index (κ1) is 11.2. The summed E-state index contributed by atoms with van der Waals surface area (Å²) in [5.41, 5.74) is 0. The molecular formula is C10H17NO3. The minimum absolute atomic E-state index is 0.0232. The zero-order valence-electron chi connectivity index (χ0n) is 8.45. The average Bonchev–Trinajstić information content (AvgIpc) is 2.15. The molecule has 0 aromatic carbocycles. The number of rotatable bonds is 4. The molecule has 0 unspecified atom stereocenters. The summed E-state index contributed by atoms with van der Waals surface area (Å²) in [6.07, 6.45) is 3.62. The molecule has 0 amide bonds. The Balaban J connectivity index is 2.22. The Labute approximate surface area is 83.7 Å². The first-order valence-corrected chi connectivity index (χ1v) is 5.05. The van der Waals surface area contributed by atoms with E-state index in [1.807, 2.05) is 0 Å². The number of nitrogens with one attached hydrogen (secondary N) is 1. The Bertz CT molecular complexity index is 219. The number of aliphatic carboxylic acids is 1. The molecule has 0 radical (unpaired) electrons. The van der Waals surface area contributed by atoms with Crippen molar-refractivity contribution in [1.29, 1.82) is 0 Å². The molecule has 2 N–H and O–H groups in total. The molecule has 0 spiro atoms. The van der Waals surface area contributed by atoms with Gasteiger partial charge in [-0.15, -0.1) is 0 Å². The van der Waals surface area contributed by atoms with Crippen LogP contribution in [0.25, 0.3) is 0 Å². The molecule has 14 heavy (non-hydrogen) atoms. The third-order valence-corrected chi connectivity index (χ3v) is 2.84. The zero-order valence-corrected chi connectivity index (χ0v) is 8.45. The van der Waals surface area contributed by atoms with E-state index in [1.165, 1.54) is 0 Å². The molecule has 0 heterocycles. The summed E-state index contributed by atoms with van der Waals surface area (Å²) in [6.45, 7) is 1.66. The average molecular weight is 199 g/mol. The lowest BCUT2D eigenvalue weighted by molar-refractivity contribution is -0.136. The van der Waals surface area contributed by atoms with Crippen LogP contribution in [-0.2, 0) is 9.59 Å². The molecule has 0 aromatic rings. The summed E-state index contributed by atoms with van der Waals surface area (Å²) in [7, 11) is 0. The third kappa shape index (κ3) is 3.46. The second-order valence-corrected chi connectivity index (χ2v) is 3.93. The quantitative estimate of drug-likeness (QED) is 0.703. The first-order valence-electron chi connectivity index (χ1n) is 5.05. The summed E-state index contributed by atoms with van der Waals surface area (Å²) in [4.78, 5) is 21.4. The lowest BCUT2D eigenvalue weighted by atomic mass is 9.84. The van der Waals surface area contributed by atoms with Gasteiger partial charge in [-0.25, -0.2) is 0 Å². The van der Waals surface area contributed by atoms with Gasteiger partial charge < -0.3 is 10.4 Å². The van der Waals surface area contributed by atoms with Gasteiger partial charge in [-0.1, -0.05) is 0 Å². The van der Waals surface area contributed by atoms with Crippen LogP contribution in [0.5, 0.6) is 0 Å². The van der Waals surface area contributed by atoms with Gasteiger partial charge in [-0.05, 0) is 32.6 Å². The molecule has 80 valence electrons. The van der Waals surface area contributed by atoms with Crippen molar-refractivity contribution in [3.05, 3.63) is 0 Å². The number of ketones is 1. The number of carbonyl (C=O) groups is 2. The summed E-state index contributed by atoms with van der Waals surface area (Å²) >= 11 is 0. The van der Waals surface area contributed by atoms with E-state index in [0.717, 1.165) is 25.7 Å². The summed E-state index contributed by atoms with van der Waals surface area (Å²) in [5, 5.41) is 11.4. The van der Waals surface area contributed by atoms with Crippen LogP contribution >= 0.6 is 0 Å². The second-order valence-electron chi connectivity index (χ2n) is 3.93. The van der Waals surface area contributed by atoms with Crippen LogP contribution in [0.3, 0.4) is 0 Å². The van der Waals surface area contributed by atoms with E-state index in [-0.39, 0.29) is 24.3 Å². The number of carboxylic acids is 1. The van der Waals surface area contributed by atoms with Crippen LogP contribution in [-0.4, -0.2) is 29.4 Å². The van der Waals surface area contributed by atoms with Crippen LogP contribution in [0.2, 0.25) is 0 Å². The van der Waals surface area contributed by atoms with Crippen molar-refractivity contribution in [2.45, 2.75) is 38.6 Å². The van der Waals surface area contributed by atoms with E-state index in [0.29, 0.717) is 0 Å². The smallest absolute Gasteiger partial charge is 0.317 e. The minimum atomic E-state index is -0.821. The predicted octanol–water partition coefficient (Wildman–Crippen LogP) is 0.808. The molecule has 0 aromatic heterocycles. The van der Waals surface area contributed by atoms with Crippen LogP contribution in [0.15, 0.2) is 0 Å². The van der Waals surface area contributed by atoms with E-state index >= 15 is 0 Å². The molecule has 0 aliphatic heterocycles. The minimum Gasteiger partial charge on any atom is -0.480 e. The number of carbonyl (C=O) groups excluding carboxylic acids is 1. The highest BCUT2D eigenvalue weighted by molar-refractivity contribution is 5.78. The predicted molar refractivity (Wildman–Crippen MR) is 52.1 cm³/mol. The molecule has 1 fully saturated rings. The van der Waals surface area contributed by atoms with Crippen LogP contribution < -0.4 is 5.32 Å². The maximum Gasteiger partial charge on any atom is 0.317 e. The normalized spacial score (nSPS) is 27.2. The molecule has 0 saturated heterocycles. The van der Waals surface area contributed by atoms with Crippen LogP contribution in [0, 0.1) is 5.92 Å². The van der Waals surface area contributed by atoms with Gasteiger partial charge in [0.2, 0.25) is 0 Å². The van der Waals surface area contributed by atoms with E-state index in [9.17, 15) is 9.59 Å². The molecular weight excluding hydrogens is 182 g/mol. The van der Waals surface area contributed by atoms with Gasteiger partial charge in [0.05, 0.1) is 6.54 Å². The van der Waals surface area contributed by atoms with Crippen molar-refractivity contribution >= 4 is 11.8 Å². The van der Waals surface area contributed by atoms with Gasteiger partial charge in [0.15, 0.2) is 0 Å². The largest absolute Gasteiger partial charge is 0.480 e. The fraction of sp³-hybridized carbons (Fsp3) is 0.800. The van der Waals surface area contributed by atoms with Crippen molar-refractivity contribution in [2.24, 2.45) is 5.92 Å². The molecule has 0 bridgehead atoms. The lowest BCUT2D eigenvalue weighted by Gasteiger charge is -2.27. The van der Waals surface area contributed by atoms with E-state index in [1.54, 1.807) is 6.92 Å². The molecule has 4 heteroatoms. The molecule has 4 nitrogen and oxygen atoms in total. The number of carboxylic acid groups (broad SMARTS) is 1. The fourth-order valence-corrected chi connectivity index (χ4v) is 1.94. The van der Waals surface area contributed by atoms with Gasteiger partial charge in [-0.3, -0.25) is 9.59 Å². The van der Waals surface area contributed by atoms with E-state index < -0.39 is 5.97 Å². The van der Waals surface area contributed by atoms with E-state index in [2.05, 4.69) is 5.32 Å². The second kappa shape index (κ2) is 5.10. The maximum atomic E-state index is 11.1. The van der Waals surface area contributed by atoms with Crippen molar-refractivity contribution in [2.75, 3.05) is 6.54 Å². The monoisotopic (exact) mass is 199 g/mol. The third-order valence-electron chi connectivity index (χ3n) is 2.84. The highest BCUT2D eigenvalue weighted by atomic mass is 16.4. The lowest BCUT2D eigenvalue weighted by Crippen LogP contribution is -2.37. The maximum absolute atomic E-state index is 11.1. The Morgan fingerprint density at radius 2 is 1.86 bits per heavy atom. The standard InChI is InChI=1S/C10H17NO3/c1-7(12)8-2-4-9(5-3-8)11-6-10(13)14/h8-9,11H,2-6H2,1H3,(H,13,14). The zero-order chi connectivity index (χ0) is 10.6. The van der Waals surface area contributed by atoms with E-state index in [4.69, 9.17) is 5.11 Å². The van der Waals surface area contributed by atoms with Gasteiger partial charge >= 0.3 is 5.97 Å². The Hall–Kier alpha value is -0.900. The molecule has 1 saturated carbocycles. The Kier molecular flexibility index (Phi) is 4.07. The Morgan fingerprint density at radius 3 is 2.29 bits per heavy atom. The highest BCUT2D eigenvalue weighted by Gasteiger charge is 2.23. The highest BCUT2D eigenvalue weighted by Crippen LogP contribution is 2.24. The van der Waals surface area contributed by atoms with Crippen LogP contribution in [0.4, 0.5) is 0 Å². The summed E-state index contributed by atoms with van der Waals surface area (Å²) in [5.74, 6) is -0.349. The van der Waals surface area contributed by atoms with Gasteiger partial charge in [0.25, 0.3) is 0 Å². The van der Waals surface area contributed by atoms with Crippen molar-refractivity contribution in [1.82, 2.24) is 5.32 Å². The first-order chi connectivity index (χ1) is 6.59. The SMILES string of the molecule is CC(=O)C1CCC(NCC(=O)O)CC1. The van der Waals surface area contributed by atoms with Gasteiger partial charge in [0.1, 0.15) is 5.78 Å². The number of Topliss-reactive ketones (excluding diaryl/α,β-unsaturated/α-hetero) is 1. The van der Waals surface area contributed by atoms with Crippen molar-refractivity contribution < 1.29 is 14.7 Å². The fourth-order valence-electron chi connectivity index (χ4n) is 1.94. The molecule has 1 aliphatic carbocycles. The van der Waals surface area contributed by atoms with Crippen molar-refractivity contribution in [3.63, 3.8) is 0 Å². The Morgan fingerprint density at radius 1 is 1.29 bits per heavy atom. The summed E-state index contributed by atoms with van der Waals surface area (Å²) in [6, 6.07) is 0.279. The molecule has 1 rings (SSSR count). The number of hydrogen-bond donors (Lipinski definition) is 2. The van der Waals surface area contributed by atoms with Crippen LogP contribution in [0.1, 0.15) is 32.6 Å². The summed E-state index contributed by atoms with van der Waals surface area (Å²) < 4.78 is 0. The van der Waals surface area contributed by atoms with Gasteiger partial charge in [0, 0.05) is 12.0 Å². The topological polar surface area (TPSA) is 66.4 Å². The van der Waals surface area contributed by atoms with Crippen molar-refractivity contribution in [3.8, 4) is 0 Å². The molecule has 1 aliphatic rings. The van der Waals surface area contributed by atoms with Gasteiger partial charge in [-0.2, -0.15) is 0 Å².